The third-order valence-corrected chi connectivity index (χ3v) is 3.60. The molecule has 0 spiro atoms. The number of hydrogen-bond donors (Lipinski definition) is 1. The van der Waals surface area contributed by atoms with E-state index in [0.717, 1.165) is 24.5 Å². The van der Waals surface area contributed by atoms with Crippen molar-refractivity contribution in [3.63, 3.8) is 0 Å². The van der Waals surface area contributed by atoms with Crippen molar-refractivity contribution in [1.82, 2.24) is 4.98 Å². The average Bonchev–Trinajstić information content (AvgIpc) is 2.46. The lowest BCUT2D eigenvalue weighted by Crippen LogP contribution is -2.51. The Bertz CT molecular complexity index is 493. The molecule has 0 saturated carbocycles. The number of nitrogens with two attached hydrogens (primary N) is 1. The second-order valence-corrected chi connectivity index (χ2v) is 5.02. The highest BCUT2D eigenvalue weighted by molar-refractivity contribution is 5.90. The third-order valence-electron chi connectivity index (χ3n) is 3.60. The van der Waals surface area contributed by atoms with Gasteiger partial charge in [-0.15, -0.1) is 0 Å². The van der Waals surface area contributed by atoms with Gasteiger partial charge in [-0.3, -0.25) is 0 Å². The molecule has 1 aromatic heterocycles. The molecule has 1 aliphatic rings. The number of carbonyl (C=O) groups excluding carboxylic acids is 1. The minimum atomic E-state index is -0.353. The van der Waals surface area contributed by atoms with Crippen LogP contribution in [0.25, 0.3) is 0 Å². The van der Waals surface area contributed by atoms with E-state index < -0.39 is 0 Å². The molecule has 0 aromatic carbocycles. The van der Waals surface area contributed by atoms with Crippen molar-refractivity contribution in [3.8, 4) is 0 Å². The van der Waals surface area contributed by atoms with Crippen LogP contribution >= 0.6 is 0 Å². The second kappa shape index (κ2) is 6.19. The van der Waals surface area contributed by atoms with Crippen molar-refractivity contribution in [1.29, 1.82) is 0 Å². The van der Waals surface area contributed by atoms with Gasteiger partial charge in [-0.2, -0.15) is 0 Å². The normalized spacial score (nSPS) is 22.7. The summed E-state index contributed by atoms with van der Waals surface area (Å²) in [6.07, 6.45) is 0.814. The Labute approximate surface area is 118 Å². The number of nitrogens with zero attached hydrogens (tertiary/aromatic N) is 2. The maximum atomic E-state index is 11.7. The fraction of sp³-hybridized carbons (Fsp3) is 0.571. The molecule has 6 nitrogen and oxygen atoms in total. The van der Waals surface area contributed by atoms with Gasteiger partial charge in [0, 0.05) is 31.9 Å². The molecule has 2 rings (SSSR count). The first-order chi connectivity index (χ1) is 9.55. The zero-order valence-corrected chi connectivity index (χ0v) is 12.1. The predicted molar refractivity (Wildman–Crippen MR) is 75.9 cm³/mol. The quantitative estimate of drug-likeness (QED) is 0.822. The number of aryl methyl sites for hydroxylation is 1. The lowest BCUT2D eigenvalue weighted by atomic mass is 10.0. The lowest BCUT2D eigenvalue weighted by Gasteiger charge is -2.36. The number of piperidine rings is 1. The largest absolute Gasteiger partial charge is 0.465 e. The minimum Gasteiger partial charge on any atom is -0.465 e. The van der Waals surface area contributed by atoms with Crippen LogP contribution in [-0.4, -0.2) is 50.4 Å². The number of carbonyl (C=O) groups is 1. The maximum Gasteiger partial charge on any atom is 0.338 e. The highest BCUT2D eigenvalue weighted by Gasteiger charge is 2.27. The Morgan fingerprint density at radius 2 is 2.20 bits per heavy atom. The fourth-order valence-electron chi connectivity index (χ4n) is 2.44. The van der Waals surface area contributed by atoms with Gasteiger partial charge in [-0.25, -0.2) is 9.78 Å². The van der Waals surface area contributed by atoms with E-state index in [1.54, 1.807) is 19.2 Å². The summed E-state index contributed by atoms with van der Waals surface area (Å²) in [6, 6.07) is 3.52. The van der Waals surface area contributed by atoms with E-state index >= 15 is 0 Å². The molecule has 2 heterocycles. The van der Waals surface area contributed by atoms with Crippen molar-refractivity contribution in [3.05, 3.63) is 23.4 Å². The molecule has 1 saturated heterocycles. The summed E-state index contributed by atoms with van der Waals surface area (Å²) in [4.78, 5) is 18.2. The highest BCUT2D eigenvalue weighted by atomic mass is 16.5. The van der Waals surface area contributed by atoms with E-state index in [4.69, 9.17) is 15.2 Å². The lowest BCUT2D eigenvalue weighted by molar-refractivity contribution is 0.0600. The SMILES string of the molecule is COC(=O)c1cc(C)nc(N2CCC(N)C(OC)C2)c1. The number of hydrogen-bond acceptors (Lipinski definition) is 6. The standard InChI is InChI=1S/C14H21N3O3/c1-9-6-10(14(18)20-3)7-13(16-9)17-5-4-11(15)12(8-17)19-2/h6-7,11-12H,4-5,8,15H2,1-3H3. The molecule has 110 valence electrons. The molecule has 0 amide bonds. The van der Waals surface area contributed by atoms with E-state index in [-0.39, 0.29) is 18.1 Å². The van der Waals surface area contributed by atoms with E-state index in [2.05, 4.69) is 9.88 Å². The van der Waals surface area contributed by atoms with E-state index in [0.29, 0.717) is 12.1 Å². The first-order valence-electron chi connectivity index (χ1n) is 6.65. The molecule has 20 heavy (non-hydrogen) atoms. The maximum absolute atomic E-state index is 11.7. The predicted octanol–water partition coefficient (Wildman–Crippen LogP) is 0.729. The monoisotopic (exact) mass is 279 g/mol. The topological polar surface area (TPSA) is 77.7 Å². The Kier molecular flexibility index (Phi) is 4.57. The average molecular weight is 279 g/mol. The van der Waals surface area contributed by atoms with Crippen LogP contribution in [0.3, 0.4) is 0 Å². The van der Waals surface area contributed by atoms with Gasteiger partial charge in [-0.1, -0.05) is 0 Å². The number of methoxy groups -OCH3 is 2. The van der Waals surface area contributed by atoms with Crippen LogP contribution in [0.5, 0.6) is 0 Å². The van der Waals surface area contributed by atoms with Crippen molar-refractivity contribution in [2.75, 3.05) is 32.2 Å². The van der Waals surface area contributed by atoms with Gasteiger partial charge in [0.05, 0.1) is 18.8 Å². The Balaban J connectivity index is 2.24. The zero-order valence-electron chi connectivity index (χ0n) is 12.1. The van der Waals surface area contributed by atoms with Gasteiger partial charge in [-0.05, 0) is 25.5 Å². The zero-order chi connectivity index (χ0) is 14.7. The van der Waals surface area contributed by atoms with E-state index in [9.17, 15) is 4.79 Å². The van der Waals surface area contributed by atoms with Crippen LogP contribution in [0.4, 0.5) is 5.82 Å². The molecule has 0 bridgehead atoms. The highest BCUT2D eigenvalue weighted by Crippen LogP contribution is 2.21. The van der Waals surface area contributed by atoms with E-state index in [1.165, 1.54) is 7.11 Å². The summed E-state index contributed by atoms with van der Waals surface area (Å²) in [5.74, 6) is 0.410. The van der Waals surface area contributed by atoms with Crippen LogP contribution in [0.1, 0.15) is 22.5 Å². The minimum absolute atomic E-state index is 0.0207. The number of pyridine rings is 1. The molecule has 1 aliphatic heterocycles. The van der Waals surface area contributed by atoms with Crippen LogP contribution < -0.4 is 10.6 Å². The van der Waals surface area contributed by atoms with Gasteiger partial charge in [0.15, 0.2) is 0 Å². The molecule has 2 N–H and O–H groups in total. The first kappa shape index (κ1) is 14.7. The summed E-state index contributed by atoms with van der Waals surface area (Å²) < 4.78 is 10.2. The Morgan fingerprint density at radius 1 is 1.45 bits per heavy atom. The Hall–Kier alpha value is -1.66. The number of rotatable bonds is 3. The molecule has 6 heteroatoms. The number of esters is 1. The molecule has 2 unspecified atom stereocenters. The molecule has 2 atom stereocenters. The smallest absolute Gasteiger partial charge is 0.338 e. The molecule has 0 aliphatic carbocycles. The Morgan fingerprint density at radius 3 is 2.85 bits per heavy atom. The van der Waals surface area contributed by atoms with Gasteiger partial charge in [0.1, 0.15) is 5.82 Å². The van der Waals surface area contributed by atoms with Crippen molar-refractivity contribution >= 4 is 11.8 Å². The molecular weight excluding hydrogens is 258 g/mol. The summed E-state index contributed by atoms with van der Waals surface area (Å²) >= 11 is 0. The van der Waals surface area contributed by atoms with Gasteiger partial charge in [0.25, 0.3) is 0 Å². The van der Waals surface area contributed by atoms with Crippen LogP contribution in [0.2, 0.25) is 0 Å². The third kappa shape index (κ3) is 3.08. The fourth-order valence-corrected chi connectivity index (χ4v) is 2.44. The molecule has 1 fully saturated rings. The van der Waals surface area contributed by atoms with Gasteiger partial charge in [0.2, 0.25) is 0 Å². The van der Waals surface area contributed by atoms with Gasteiger partial charge < -0.3 is 20.1 Å². The second-order valence-electron chi connectivity index (χ2n) is 5.02. The number of ether oxygens (including phenoxy) is 2. The summed E-state index contributed by atoms with van der Waals surface area (Å²) in [7, 11) is 3.04. The van der Waals surface area contributed by atoms with Crippen LogP contribution in [-0.2, 0) is 9.47 Å². The van der Waals surface area contributed by atoms with Crippen LogP contribution in [0, 0.1) is 6.92 Å². The van der Waals surface area contributed by atoms with Crippen molar-refractivity contribution in [2.45, 2.75) is 25.5 Å². The van der Waals surface area contributed by atoms with E-state index in [1.807, 2.05) is 6.92 Å². The van der Waals surface area contributed by atoms with Crippen molar-refractivity contribution in [2.24, 2.45) is 5.73 Å². The summed E-state index contributed by atoms with van der Waals surface area (Å²) in [5, 5.41) is 0. The number of anilines is 1. The molecule has 1 aromatic rings. The van der Waals surface area contributed by atoms with Crippen LogP contribution in [0.15, 0.2) is 12.1 Å². The van der Waals surface area contributed by atoms with Crippen molar-refractivity contribution < 1.29 is 14.3 Å². The summed E-state index contributed by atoms with van der Waals surface area (Å²) in [5.41, 5.74) is 7.31. The van der Waals surface area contributed by atoms with Gasteiger partial charge >= 0.3 is 5.97 Å². The first-order valence-corrected chi connectivity index (χ1v) is 6.65. The molecule has 0 radical (unpaired) electrons. The molecular formula is C14H21N3O3. The summed E-state index contributed by atoms with van der Waals surface area (Å²) in [6.45, 7) is 3.34. The number of aromatic nitrogens is 1.